The fourth-order valence-electron chi connectivity index (χ4n) is 2.60. The SMILES string of the molecule is Cc1ccc(Cl)c(OCC(=O)NCCn2nc(-c3ccc(F)cc3)ccc2=O)c1. The molecule has 8 heteroatoms. The molecule has 0 fully saturated rings. The van der Waals surface area contributed by atoms with Gasteiger partial charge in [-0.2, -0.15) is 5.10 Å². The zero-order valence-corrected chi connectivity index (χ0v) is 16.4. The van der Waals surface area contributed by atoms with Crippen molar-refractivity contribution in [3.8, 4) is 17.0 Å². The van der Waals surface area contributed by atoms with Gasteiger partial charge in [0.1, 0.15) is 11.6 Å². The Morgan fingerprint density at radius 1 is 1.17 bits per heavy atom. The largest absolute Gasteiger partial charge is 0.482 e. The van der Waals surface area contributed by atoms with Gasteiger partial charge in [-0.15, -0.1) is 0 Å². The molecule has 0 aliphatic rings. The van der Waals surface area contributed by atoms with Crippen LogP contribution in [0.25, 0.3) is 11.3 Å². The Labute approximate surface area is 171 Å². The van der Waals surface area contributed by atoms with Gasteiger partial charge in [0.25, 0.3) is 11.5 Å². The van der Waals surface area contributed by atoms with Crippen molar-refractivity contribution < 1.29 is 13.9 Å². The summed E-state index contributed by atoms with van der Waals surface area (Å²) in [7, 11) is 0. The van der Waals surface area contributed by atoms with E-state index in [1.807, 2.05) is 13.0 Å². The molecule has 0 bridgehead atoms. The van der Waals surface area contributed by atoms with Crippen molar-refractivity contribution in [3.05, 3.63) is 81.4 Å². The Hall–Kier alpha value is -3.19. The molecular formula is C21H19ClFN3O3. The fourth-order valence-corrected chi connectivity index (χ4v) is 2.77. The highest BCUT2D eigenvalue weighted by atomic mass is 35.5. The van der Waals surface area contributed by atoms with E-state index >= 15 is 0 Å². The van der Waals surface area contributed by atoms with Gasteiger partial charge in [0.15, 0.2) is 6.61 Å². The number of aromatic nitrogens is 2. The Kier molecular flexibility index (Phi) is 6.61. The summed E-state index contributed by atoms with van der Waals surface area (Å²) in [6.07, 6.45) is 0. The molecule has 0 unspecified atom stereocenters. The van der Waals surface area contributed by atoms with Gasteiger partial charge in [-0.25, -0.2) is 9.07 Å². The van der Waals surface area contributed by atoms with Gasteiger partial charge in [-0.05, 0) is 55.0 Å². The molecule has 29 heavy (non-hydrogen) atoms. The maximum atomic E-state index is 13.1. The maximum Gasteiger partial charge on any atom is 0.266 e. The number of hydrogen-bond acceptors (Lipinski definition) is 4. The van der Waals surface area contributed by atoms with Crippen LogP contribution in [0, 0.1) is 12.7 Å². The third-order valence-electron chi connectivity index (χ3n) is 4.10. The standard InChI is InChI=1S/C21H19ClFN3O3/c1-14-2-7-17(22)19(12-14)29-13-20(27)24-10-11-26-21(28)9-8-18(25-26)15-3-5-16(23)6-4-15/h2-9,12H,10-11,13H2,1H3,(H,24,27). The molecule has 0 saturated carbocycles. The molecule has 1 amide bonds. The molecule has 0 aliphatic carbocycles. The number of hydrogen-bond donors (Lipinski definition) is 1. The van der Waals surface area contributed by atoms with Crippen molar-refractivity contribution in [2.45, 2.75) is 13.5 Å². The molecule has 0 aliphatic heterocycles. The van der Waals surface area contributed by atoms with Crippen LogP contribution in [0.2, 0.25) is 5.02 Å². The molecule has 1 heterocycles. The van der Waals surface area contributed by atoms with E-state index in [2.05, 4.69) is 10.4 Å². The van der Waals surface area contributed by atoms with E-state index in [1.54, 1.807) is 30.3 Å². The highest BCUT2D eigenvalue weighted by molar-refractivity contribution is 6.32. The number of amides is 1. The Morgan fingerprint density at radius 3 is 2.69 bits per heavy atom. The van der Waals surface area contributed by atoms with Crippen LogP contribution in [0.1, 0.15) is 5.56 Å². The van der Waals surface area contributed by atoms with E-state index in [9.17, 15) is 14.0 Å². The van der Waals surface area contributed by atoms with Gasteiger partial charge in [-0.3, -0.25) is 9.59 Å². The van der Waals surface area contributed by atoms with E-state index < -0.39 is 0 Å². The van der Waals surface area contributed by atoms with Crippen LogP contribution in [-0.2, 0) is 11.3 Å². The van der Waals surface area contributed by atoms with Gasteiger partial charge in [0.2, 0.25) is 0 Å². The molecule has 0 atom stereocenters. The van der Waals surface area contributed by atoms with Crippen molar-refractivity contribution in [2.24, 2.45) is 0 Å². The van der Waals surface area contributed by atoms with E-state index in [1.165, 1.54) is 22.9 Å². The van der Waals surface area contributed by atoms with Gasteiger partial charge < -0.3 is 10.1 Å². The minimum Gasteiger partial charge on any atom is -0.482 e. The third-order valence-corrected chi connectivity index (χ3v) is 4.41. The monoisotopic (exact) mass is 415 g/mol. The first-order valence-corrected chi connectivity index (χ1v) is 9.30. The van der Waals surface area contributed by atoms with Crippen LogP contribution in [-0.4, -0.2) is 28.8 Å². The van der Waals surface area contributed by atoms with Crippen molar-refractivity contribution >= 4 is 17.5 Å². The molecule has 0 radical (unpaired) electrons. The average Bonchev–Trinajstić information content (AvgIpc) is 2.71. The summed E-state index contributed by atoms with van der Waals surface area (Å²) in [4.78, 5) is 24.0. The topological polar surface area (TPSA) is 73.2 Å². The lowest BCUT2D eigenvalue weighted by atomic mass is 10.1. The van der Waals surface area contributed by atoms with Gasteiger partial charge in [0.05, 0.1) is 17.3 Å². The van der Waals surface area contributed by atoms with Gasteiger partial charge >= 0.3 is 0 Å². The summed E-state index contributed by atoms with van der Waals surface area (Å²) in [5.41, 5.74) is 1.89. The molecule has 0 saturated heterocycles. The van der Waals surface area contributed by atoms with Crippen molar-refractivity contribution in [3.63, 3.8) is 0 Å². The van der Waals surface area contributed by atoms with Crippen LogP contribution >= 0.6 is 11.6 Å². The molecule has 6 nitrogen and oxygen atoms in total. The number of rotatable bonds is 7. The summed E-state index contributed by atoms with van der Waals surface area (Å²) < 4.78 is 19.7. The highest BCUT2D eigenvalue weighted by Gasteiger charge is 2.08. The van der Waals surface area contributed by atoms with Crippen LogP contribution in [0.3, 0.4) is 0 Å². The van der Waals surface area contributed by atoms with Gasteiger partial charge in [0, 0.05) is 18.2 Å². The lowest BCUT2D eigenvalue weighted by Gasteiger charge is -2.10. The van der Waals surface area contributed by atoms with Crippen LogP contribution in [0.5, 0.6) is 5.75 Å². The van der Waals surface area contributed by atoms with E-state index in [-0.39, 0.29) is 37.0 Å². The number of carbonyl (C=O) groups excluding carboxylic acids is 1. The number of nitrogens with zero attached hydrogens (tertiary/aromatic N) is 2. The number of carbonyl (C=O) groups is 1. The van der Waals surface area contributed by atoms with Crippen LogP contribution < -0.4 is 15.6 Å². The summed E-state index contributed by atoms with van der Waals surface area (Å²) >= 11 is 6.03. The molecule has 3 aromatic rings. The van der Waals surface area contributed by atoms with Crippen molar-refractivity contribution in [1.82, 2.24) is 15.1 Å². The van der Waals surface area contributed by atoms with Crippen LogP contribution in [0.4, 0.5) is 4.39 Å². The lowest BCUT2D eigenvalue weighted by molar-refractivity contribution is -0.123. The maximum absolute atomic E-state index is 13.1. The van der Waals surface area contributed by atoms with E-state index in [4.69, 9.17) is 16.3 Å². The van der Waals surface area contributed by atoms with E-state index in [0.717, 1.165) is 5.56 Å². The fraction of sp³-hybridized carbons (Fsp3) is 0.190. The minimum absolute atomic E-state index is 0.185. The second-order valence-corrected chi connectivity index (χ2v) is 6.77. The second kappa shape index (κ2) is 9.34. The number of aryl methyl sites for hydroxylation is 1. The quantitative estimate of drug-likeness (QED) is 0.643. The van der Waals surface area contributed by atoms with E-state index in [0.29, 0.717) is 22.0 Å². The smallest absolute Gasteiger partial charge is 0.266 e. The second-order valence-electron chi connectivity index (χ2n) is 6.36. The molecular weight excluding hydrogens is 397 g/mol. The van der Waals surface area contributed by atoms with Crippen molar-refractivity contribution in [1.29, 1.82) is 0 Å². The van der Waals surface area contributed by atoms with Gasteiger partial charge in [-0.1, -0.05) is 17.7 Å². The number of nitrogens with one attached hydrogen (secondary N) is 1. The summed E-state index contributed by atoms with van der Waals surface area (Å²) in [6.45, 7) is 2.09. The lowest BCUT2D eigenvalue weighted by Crippen LogP contribution is -2.34. The predicted octanol–water partition coefficient (Wildman–Crippen LogP) is 3.21. The first-order valence-electron chi connectivity index (χ1n) is 8.92. The molecule has 3 rings (SSSR count). The summed E-state index contributed by atoms with van der Waals surface area (Å²) in [5.74, 6) is -0.254. The zero-order chi connectivity index (χ0) is 20.8. The Morgan fingerprint density at radius 2 is 1.93 bits per heavy atom. The molecule has 1 aromatic heterocycles. The first-order chi connectivity index (χ1) is 13.9. The third kappa shape index (κ3) is 5.65. The Bertz CT molecular complexity index is 1070. The highest BCUT2D eigenvalue weighted by Crippen LogP contribution is 2.25. The molecule has 0 spiro atoms. The Balaban J connectivity index is 1.55. The average molecular weight is 416 g/mol. The van der Waals surface area contributed by atoms with Crippen molar-refractivity contribution in [2.75, 3.05) is 13.2 Å². The summed E-state index contributed by atoms with van der Waals surface area (Å²) in [5, 5.41) is 7.37. The summed E-state index contributed by atoms with van der Waals surface area (Å²) in [6, 6.07) is 14.1. The number of ether oxygens (including phenoxy) is 1. The predicted molar refractivity (Wildman–Crippen MR) is 109 cm³/mol. The first kappa shape index (κ1) is 20.5. The van der Waals surface area contributed by atoms with Crippen LogP contribution in [0.15, 0.2) is 59.4 Å². The number of halogens is 2. The molecule has 150 valence electrons. The minimum atomic E-state index is -0.348. The normalized spacial score (nSPS) is 10.6. The zero-order valence-electron chi connectivity index (χ0n) is 15.7. The molecule has 1 N–H and O–H groups in total. The molecule has 2 aromatic carbocycles. The number of benzene rings is 2.